The van der Waals surface area contributed by atoms with E-state index >= 15 is 0 Å². The largest absolute Gasteiger partial charge is 0.497 e. The number of carbonyl (C=O) groups is 2. The van der Waals surface area contributed by atoms with E-state index < -0.39 is 6.04 Å². The van der Waals surface area contributed by atoms with Crippen LogP contribution in [0.15, 0.2) is 24.3 Å². The van der Waals surface area contributed by atoms with Crippen LogP contribution in [0.3, 0.4) is 0 Å². The smallest absolute Gasteiger partial charge is 0.251 e. The Labute approximate surface area is 155 Å². The van der Waals surface area contributed by atoms with Crippen LogP contribution in [-0.4, -0.2) is 74.0 Å². The van der Waals surface area contributed by atoms with Crippen molar-refractivity contribution in [2.24, 2.45) is 11.7 Å². The molecule has 144 valence electrons. The van der Waals surface area contributed by atoms with Crippen molar-refractivity contribution in [3.63, 3.8) is 0 Å². The molecular weight excluding hydrogens is 332 g/mol. The second-order valence-electron chi connectivity index (χ2n) is 6.92. The molecule has 0 saturated carbocycles. The van der Waals surface area contributed by atoms with Gasteiger partial charge >= 0.3 is 0 Å². The van der Waals surface area contributed by atoms with E-state index in [-0.39, 0.29) is 17.7 Å². The van der Waals surface area contributed by atoms with Crippen LogP contribution in [0, 0.1) is 5.92 Å². The van der Waals surface area contributed by atoms with Crippen molar-refractivity contribution < 1.29 is 14.3 Å². The van der Waals surface area contributed by atoms with E-state index in [2.05, 4.69) is 10.2 Å². The fourth-order valence-electron chi connectivity index (χ4n) is 2.86. The first kappa shape index (κ1) is 20.2. The fourth-order valence-corrected chi connectivity index (χ4v) is 2.86. The van der Waals surface area contributed by atoms with Crippen molar-refractivity contribution in [1.29, 1.82) is 0 Å². The Morgan fingerprint density at radius 2 is 1.77 bits per heavy atom. The summed E-state index contributed by atoms with van der Waals surface area (Å²) in [6.45, 7) is 8.24. The number of rotatable bonds is 7. The number of hydrogen-bond donors (Lipinski definition) is 2. The van der Waals surface area contributed by atoms with E-state index in [1.807, 2.05) is 18.7 Å². The lowest BCUT2D eigenvalue weighted by atomic mass is 10.0. The molecule has 1 saturated heterocycles. The van der Waals surface area contributed by atoms with Crippen molar-refractivity contribution in [1.82, 2.24) is 15.1 Å². The molecule has 3 N–H and O–H groups in total. The molecule has 2 rings (SSSR count). The summed E-state index contributed by atoms with van der Waals surface area (Å²) in [4.78, 5) is 28.5. The van der Waals surface area contributed by atoms with Gasteiger partial charge in [0.15, 0.2) is 0 Å². The summed E-state index contributed by atoms with van der Waals surface area (Å²) >= 11 is 0. The molecule has 7 heteroatoms. The van der Waals surface area contributed by atoms with Gasteiger partial charge in [-0.15, -0.1) is 0 Å². The van der Waals surface area contributed by atoms with E-state index in [9.17, 15) is 9.59 Å². The summed E-state index contributed by atoms with van der Waals surface area (Å²) in [7, 11) is 1.60. The van der Waals surface area contributed by atoms with Gasteiger partial charge in [-0.1, -0.05) is 13.8 Å². The summed E-state index contributed by atoms with van der Waals surface area (Å²) in [5.74, 6) is 0.816. The second-order valence-corrected chi connectivity index (χ2v) is 6.92. The van der Waals surface area contributed by atoms with Gasteiger partial charge < -0.3 is 20.7 Å². The molecule has 1 aliphatic heterocycles. The number of nitrogens with one attached hydrogen (secondary N) is 1. The Morgan fingerprint density at radius 1 is 1.15 bits per heavy atom. The fraction of sp³-hybridized carbons (Fsp3) is 0.579. The summed E-state index contributed by atoms with van der Waals surface area (Å²) in [5.41, 5.74) is 6.57. The zero-order valence-electron chi connectivity index (χ0n) is 15.9. The molecule has 0 bridgehead atoms. The molecule has 0 aliphatic carbocycles. The maximum absolute atomic E-state index is 12.3. The van der Waals surface area contributed by atoms with Gasteiger partial charge in [-0.2, -0.15) is 0 Å². The monoisotopic (exact) mass is 362 g/mol. The average Bonchev–Trinajstić information content (AvgIpc) is 2.67. The van der Waals surface area contributed by atoms with Crippen molar-refractivity contribution in [3.05, 3.63) is 29.8 Å². The van der Waals surface area contributed by atoms with E-state index in [1.165, 1.54) is 0 Å². The number of hydrogen-bond acceptors (Lipinski definition) is 5. The van der Waals surface area contributed by atoms with Gasteiger partial charge in [0.25, 0.3) is 5.91 Å². The highest BCUT2D eigenvalue weighted by Crippen LogP contribution is 2.11. The first-order chi connectivity index (χ1) is 12.4. The van der Waals surface area contributed by atoms with Crippen molar-refractivity contribution >= 4 is 11.8 Å². The zero-order valence-corrected chi connectivity index (χ0v) is 15.9. The van der Waals surface area contributed by atoms with E-state index in [0.29, 0.717) is 25.2 Å². The highest BCUT2D eigenvalue weighted by Gasteiger charge is 2.26. The molecule has 7 nitrogen and oxygen atoms in total. The zero-order chi connectivity index (χ0) is 19.1. The maximum atomic E-state index is 12.3. The van der Waals surface area contributed by atoms with Crippen molar-refractivity contribution in [2.45, 2.75) is 19.9 Å². The number of ether oxygens (including phenoxy) is 1. The first-order valence-corrected chi connectivity index (χ1v) is 9.11. The van der Waals surface area contributed by atoms with Gasteiger partial charge in [0, 0.05) is 44.8 Å². The number of benzene rings is 1. The number of carbonyl (C=O) groups excluding carboxylic acids is 2. The Balaban J connectivity index is 1.69. The number of amides is 2. The summed E-state index contributed by atoms with van der Waals surface area (Å²) in [6.07, 6.45) is 0. The normalized spacial score (nSPS) is 16.4. The van der Waals surface area contributed by atoms with Gasteiger partial charge in [-0.3, -0.25) is 14.5 Å². The van der Waals surface area contributed by atoms with Crippen LogP contribution in [-0.2, 0) is 4.79 Å². The first-order valence-electron chi connectivity index (χ1n) is 9.11. The third kappa shape index (κ3) is 5.44. The lowest BCUT2D eigenvalue weighted by Crippen LogP contribution is -2.55. The molecule has 1 fully saturated rings. The van der Waals surface area contributed by atoms with Crippen LogP contribution < -0.4 is 15.8 Å². The van der Waals surface area contributed by atoms with Gasteiger partial charge in [-0.05, 0) is 30.2 Å². The number of piperazine rings is 1. The maximum Gasteiger partial charge on any atom is 0.251 e. The Morgan fingerprint density at radius 3 is 2.31 bits per heavy atom. The summed E-state index contributed by atoms with van der Waals surface area (Å²) in [5, 5.41) is 2.93. The lowest BCUT2D eigenvalue weighted by molar-refractivity contribution is -0.135. The molecule has 1 aromatic carbocycles. The van der Waals surface area contributed by atoms with Crippen molar-refractivity contribution in [2.75, 3.05) is 46.4 Å². The SMILES string of the molecule is COc1ccc(C(=O)NCCN2CCN(C(=O)[C@@H](N)C(C)C)CC2)cc1. The van der Waals surface area contributed by atoms with E-state index in [1.54, 1.807) is 31.4 Å². The summed E-state index contributed by atoms with van der Waals surface area (Å²) < 4.78 is 5.09. The van der Waals surface area contributed by atoms with E-state index in [4.69, 9.17) is 10.5 Å². The predicted octanol–water partition coefficient (Wildman–Crippen LogP) is 0.553. The average molecular weight is 362 g/mol. The van der Waals surface area contributed by atoms with Gasteiger partial charge in [0.05, 0.1) is 13.2 Å². The third-order valence-corrected chi connectivity index (χ3v) is 4.75. The molecule has 0 radical (unpaired) electrons. The number of nitrogens with two attached hydrogens (primary N) is 1. The second kappa shape index (κ2) is 9.54. The van der Waals surface area contributed by atoms with Crippen molar-refractivity contribution in [3.8, 4) is 5.75 Å². The molecule has 1 atom stereocenters. The van der Waals surface area contributed by atoms with Crippen LogP contribution in [0.5, 0.6) is 5.75 Å². The number of methoxy groups -OCH3 is 1. The molecule has 1 aromatic rings. The molecule has 1 heterocycles. The minimum Gasteiger partial charge on any atom is -0.497 e. The molecule has 0 spiro atoms. The standard InChI is InChI=1S/C19H30N4O3/c1-14(2)17(20)19(25)23-12-10-22(11-13-23)9-8-21-18(24)15-4-6-16(26-3)7-5-15/h4-7,14,17H,8-13,20H2,1-3H3,(H,21,24)/t17-/m0/s1. The van der Waals surface area contributed by atoms with Gasteiger partial charge in [0.2, 0.25) is 5.91 Å². The Bertz CT molecular complexity index is 595. The van der Waals surface area contributed by atoms with E-state index in [0.717, 1.165) is 25.4 Å². The van der Waals surface area contributed by atoms with Gasteiger partial charge in [0.1, 0.15) is 5.75 Å². The topological polar surface area (TPSA) is 87.9 Å². The highest BCUT2D eigenvalue weighted by atomic mass is 16.5. The van der Waals surface area contributed by atoms with Crippen LogP contribution in [0.25, 0.3) is 0 Å². The minimum atomic E-state index is -0.426. The molecular formula is C19H30N4O3. The predicted molar refractivity (Wildman–Crippen MR) is 101 cm³/mol. The van der Waals surface area contributed by atoms with Crippen LogP contribution >= 0.6 is 0 Å². The highest BCUT2D eigenvalue weighted by molar-refractivity contribution is 5.94. The molecule has 26 heavy (non-hydrogen) atoms. The Kier molecular flexibility index (Phi) is 7.41. The van der Waals surface area contributed by atoms with Crippen LogP contribution in [0.2, 0.25) is 0 Å². The quantitative estimate of drug-likeness (QED) is 0.740. The molecule has 0 unspecified atom stereocenters. The lowest BCUT2D eigenvalue weighted by Gasteiger charge is -2.36. The molecule has 0 aromatic heterocycles. The number of nitrogens with zero attached hydrogens (tertiary/aromatic N) is 2. The van der Waals surface area contributed by atoms with Crippen LogP contribution in [0.1, 0.15) is 24.2 Å². The molecule has 1 aliphatic rings. The minimum absolute atomic E-state index is 0.0347. The molecule has 2 amide bonds. The van der Waals surface area contributed by atoms with Crippen LogP contribution in [0.4, 0.5) is 0 Å². The third-order valence-electron chi connectivity index (χ3n) is 4.75. The Hall–Kier alpha value is -2.12. The summed E-state index contributed by atoms with van der Waals surface area (Å²) in [6, 6.07) is 6.61. The van der Waals surface area contributed by atoms with Gasteiger partial charge in [-0.25, -0.2) is 0 Å².